The number of hydrogen-bond acceptors (Lipinski definition) is 1. The molecule has 0 aromatic heterocycles. The van der Waals surface area contributed by atoms with E-state index in [2.05, 4.69) is 37.4 Å². The quantitative estimate of drug-likeness (QED) is 0.735. The molecule has 1 aromatic carbocycles. The van der Waals surface area contributed by atoms with Gasteiger partial charge in [-0.05, 0) is 37.6 Å². The van der Waals surface area contributed by atoms with Gasteiger partial charge in [0.15, 0.2) is 0 Å². The van der Waals surface area contributed by atoms with Gasteiger partial charge in [-0.15, -0.1) is 11.6 Å². The first-order chi connectivity index (χ1) is 6.15. The summed E-state index contributed by atoms with van der Waals surface area (Å²) < 4.78 is 0. The van der Waals surface area contributed by atoms with E-state index in [0.717, 1.165) is 6.54 Å². The minimum Gasteiger partial charge on any atom is -0.318 e. The van der Waals surface area contributed by atoms with Crippen LogP contribution < -0.4 is 5.32 Å². The molecular weight excluding hydrogens is 182 g/mol. The van der Waals surface area contributed by atoms with Crippen molar-refractivity contribution < 1.29 is 0 Å². The zero-order valence-corrected chi connectivity index (χ0v) is 9.15. The number of likely N-dealkylation sites (N-methyl/N-ethyl adjacent to an activating group) is 1. The number of nitrogens with one attached hydrogen (secondary N) is 1. The Labute approximate surface area is 85.1 Å². The molecule has 0 heterocycles. The maximum absolute atomic E-state index is 6.17. The van der Waals surface area contributed by atoms with Crippen LogP contribution in [-0.4, -0.2) is 13.6 Å². The van der Waals surface area contributed by atoms with Crippen LogP contribution in [0.1, 0.15) is 22.1 Å². The summed E-state index contributed by atoms with van der Waals surface area (Å²) in [5.41, 5.74) is 3.82. The van der Waals surface area contributed by atoms with Crippen molar-refractivity contribution in [2.24, 2.45) is 0 Å². The second-order valence-electron chi connectivity index (χ2n) is 3.37. The molecule has 0 amide bonds. The number of benzene rings is 1. The van der Waals surface area contributed by atoms with Crippen molar-refractivity contribution in [2.45, 2.75) is 19.2 Å². The molecule has 0 aliphatic rings. The Morgan fingerprint density at radius 3 is 2.54 bits per heavy atom. The second-order valence-corrected chi connectivity index (χ2v) is 3.90. The maximum atomic E-state index is 6.17. The maximum Gasteiger partial charge on any atom is 0.0709 e. The Balaban J connectivity index is 2.84. The first-order valence-electron chi connectivity index (χ1n) is 4.51. The van der Waals surface area contributed by atoms with E-state index in [1.165, 1.54) is 16.7 Å². The normalized spacial score (nSPS) is 12.9. The van der Waals surface area contributed by atoms with Gasteiger partial charge in [0.1, 0.15) is 0 Å². The van der Waals surface area contributed by atoms with E-state index in [4.69, 9.17) is 11.6 Å². The molecular formula is C11H16ClN. The molecule has 1 aromatic rings. The van der Waals surface area contributed by atoms with Gasteiger partial charge < -0.3 is 5.32 Å². The lowest BCUT2D eigenvalue weighted by Crippen LogP contribution is -2.13. The molecule has 0 aliphatic carbocycles. The molecule has 1 unspecified atom stereocenters. The van der Waals surface area contributed by atoms with Crippen molar-refractivity contribution >= 4 is 11.6 Å². The molecule has 0 saturated carbocycles. The summed E-state index contributed by atoms with van der Waals surface area (Å²) in [6.45, 7) is 5.03. The fraction of sp³-hybridized carbons (Fsp3) is 0.455. The summed E-state index contributed by atoms with van der Waals surface area (Å²) in [6, 6.07) is 6.37. The van der Waals surface area contributed by atoms with E-state index in [0.29, 0.717) is 0 Å². The summed E-state index contributed by atoms with van der Waals surface area (Å²) in [5, 5.41) is 3.14. The zero-order chi connectivity index (χ0) is 9.84. The summed E-state index contributed by atoms with van der Waals surface area (Å²) in [4.78, 5) is 0. The molecule has 0 fully saturated rings. The Morgan fingerprint density at radius 1 is 1.31 bits per heavy atom. The molecule has 0 radical (unpaired) electrons. The highest BCUT2D eigenvalue weighted by atomic mass is 35.5. The average Bonchev–Trinajstić information content (AvgIpc) is 2.10. The summed E-state index contributed by atoms with van der Waals surface area (Å²) in [5.74, 6) is 0. The largest absolute Gasteiger partial charge is 0.318 e. The lowest BCUT2D eigenvalue weighted by molar-refractivity contribution is 0.770. The van der Waals surface area contributed by atoms with E-state index in [-0.39, 0.29) is 5.38 Å². The minimum absolute atomic E-state index is 0.0734. The number of hydrogen-bond donors (Lipinski definition) is 1. The lowest BCUT2D eigenvalue weighted by Gasteiger charge is -2.10. The molecule has 0 aliphatic heterocycles. The van der Waals surface area contributed by atoms with Crippen LogP contribution in [0, 0.1) is 13.8 Å². The molecule has 0 bridgehead atoms. The highest BCUT2D eigenvalue weighted by Crippen LogP contribution is 2.21. The molecule has 1 atom stereocenters. The molecule has 1 nitrogen and oxygen atoms in total. The molecule has 1 rings (SSSR count). The fourth-order valence-corrected chi connectivity index (χ4v) is 1.55. The smallest absolute Gasteiger partial charge is 0.0709 e. The Kier molecular flexibility index (Phi) is 3.76. The van der Waals surface area contributed by atoms with Gasteiger partial charge in [0.05, 0.1) is 5.38 Å². The zero-order valence-electron chi connectivity index (χ0n) is 8.39. The Morgan fingerprint density at radius 2 is 2.00 bits per heavy atom. The predicted molar refractivity (Wildman–Crippen MR) is 58.4 cm³/mol. The van der Waals surface area contributed by atoms with E-state index in [1.807, 2.05) is 7.05 Å². The van der Waals surface area contributed by atoms with Crippen molar-refractivity contribution in [3.8, 4) is 0 Å². The predicted octanol–water partition coefficient (Wildman–Crippen LogP) is 2.80. The third-order valence-electron chi connectivity index (χ3n) is 2.28. The number of halogens is 1. The second kappa shape index (κ2) is 4.64. The van der Waals surface area contributed by atoms with Gasteiger partial charge in [0.25, 0.3) is 0 Å². The third-order valence-corrected chi connectivity index (χ3v) is 2.68. The van der Waals surface area contributed by atoms with Gasteiger partial charge in [-0.2, -0.15) is 0 Å². The lowest BCUT2D eigenvalue weighted by atomic mass is 10.0. The first kappa shape index (κ1) is 10.6. The van der Waals surface area contributed by atoms with Gasteiger partial charge in [-0.1, -0.05) is 18.2 Å². The van der Waals surface area contributed by atoms with Crippen LogP contribution in [-0.2, 0) is 0 Å². The van der Waals surface area contributed by atoms with E-state index in [1.54, 1.807) is 0 Å². The summed E-state index contributed by atoms with van der Waals surface area (Å²) in [6.07, 6.45) is 0. The molecule has 0 saturated heterocycles. The van der Waals surface area contributed by atoms with Crippen molar-refractivity contribution in [3.05, 3.63) is 34.9 Å². The average molecular weight is 198 g/mol. The minimum atomic E-state index is 0.0734. The molecule has 13 heavy (non-hydrogen) atoms. The molecule has 1 N–H and O–H groups in total. The van der Waals surface area contributed by atoms with E-state index >= 15 is 0 Å². The Bertz CT molecular complexity index is 283. The van der Waals surface area contributed by atoms with Crippen molar-refractivity contribution in [1.29, 1.82) is 0 Å². The summed E-state index contributed by atoms with van der Waals surface area (Å²) in [7, 11) is 1.91. The van der Waals surface area contributed by atoms with Crippen LogP contribution in [0.2, 0.25) is 0 Å². The SMILES string of the molecule is CNCC(Cl)c1ccc(C)c(C)c1. The van der Waals surface area contributed by atoms with Crippen molar-refractivity contribution in [1.82, 2.24) is 5.32 Å². The highest BCUT2D eigenvalue weighted by molar-refractivity contribution is 6.21. The van der Waals surface area contributed by atoms with E-state index in [9.17, 15) is 0 Å². The third kappa shape index (κ3) is 2.71. The van der Waals surface area contributed by atoms with Crippen LogP contribution in [0.5, 0.6) is 0 Å². The number of rotatable bonds is 3. The van der Waals surface area contributed by atoms with Gasteiger partial charge in [-0.3, -0.25) is 0 Å². The Hall–Kier alpha value is -0.530. The van der Waals surface area contributed by atoms with E-state index < -0.39 is 0 Å². The van der Waals surface area contributed by atoms with Crippen molar-refractivity contribution in [2.75, 3.05) is 13.6 Å². The molecule has 0 spiro atoms. The number of alkyl halides is 1. The molecule has 2 heteroatoms. The van der Waals surface area contributed by atoms with Crippen LogP contribution >= 0.6 is 11.6 Å². The summed E-state index contributed by atoms with van der Waals surface area (Å²) >= 11 is 6.17. The first-order valence-corrected chi connectivity index (χ1v) is 4.94. The monoisotopic (exact) mass is 197 g/mol. The van der Waals surface area contributed by atoms with Crippen LogP contribution in [0.15, 0.2) is 18.2 Å². The highest BCUT2D eigenvalue weighted by Gasteiger charge is 2.06. The van der Waals surface area contributed by atoms with Crippen molar-refractivity contribution in [3.63, 3.8) is 0 Å². The van der Waals surface area contributed by atoms with Gasteiger partial charge in [-0.25, -0.2) is 0 Å². The standard InChI is InChI=1S/C11H16ClN/c1-8-4-5-10(6-9(8)2)11(12)7-13-3/h4-6,11,13H,7H2,1-3H3. The van der Waals surface area contributed by atoms with Crippen LogP contribution in [0.4, 0.5) is 0 Å². The fourth-order valence-electron chi connectivity index (χ4n) is 1.26. The van der Waals surface area contributed by atoms with Gasteiger partial charge in [0.2, 0.25) is 0 Å². The number of aryl methyl sites for hydroxylation is 2. The van der Waals surface area contributed by atoms with Crippen LogP contribution in [0.3, 0.4) is 0 Å². The van der Waals surface area contributed by atoms with Gasteiger partial charge in [0, 0.05) is 6.54 Å². The molecule has 72 valence electrons. The van der Waals surface area contributed by atoms with Gasteiger partial charge >= 0.3 is 0 Å². The van der Waals surface area contributed by atoms with Crippen LogP contribution in [0.25, 0.3) is 0 Å². The topological polar surface area (TPSA) is 12.0 Å².